The summed E-state index contributed by atoms with van der Waals surface area (Å²) >= 11 is 2.72. The van der Waals surface area contributed by atoms with Crippen molar-refractivity contribution in [2.75, 3.05) is 11.1 Å². The number of nitriles is 1. The zero-order valence-electron chi connectivity index (χ0n) is 11.7. The van der Waals surface area contributed by atoms with Gasteiger partial charge in [-0.1, -0.05) is 23.9 Å². The summed E-state index contributed by atoms with van der Waals surface area (Å²) in [6.45, 7) is 0. The molecule has 0 aliphatic heterocycles. The van der Waals surface area contributed by atoms with Crippen molar-refractivity contribution in [1.82, 2.24) is 9.55 Å². The van der Waals surface area contributed by atoms with Crippen LogP contribution in [0, 0.1) is 11.3 Å². The predicted molar refractivity (Wildman–Crippen MR) is 89.1 cm³/mol. The standard InChI is InChI=1S/C15H12N4OS2/c1-19-12-5-3-2-4-11(12)17-15(19)22-9-13(20)18-14-10(8-16)6-7-21-14/h2-7H,9H2,1H3,(H,18,20). The van der Waals surface area contributed by atoms with E-state index in [0.29, 0.717) is 10.6 Å². The molecule has 7 heteroatoms. The number of aromatic nitrogens is 2. The topological polar surface area (TPSA) is 70.7 Å². The average molecular weight is 328 g/mol. The molecular weight excluding hydrogens is 316 g/mol. The number of para-hydroxylation sites is 2. The molecule has 110 valence electrons. The number of aryl methyl sites for hydroxylation is 1. The van der Waals surface area contributed by atoms with Gasteiger partial charge in [-0.05, 0) is 23.6 Å². The van der Waals surface area contributed by atoms with Gasteiger partial charge in [0.15, 0.2) is 5.16 Å². The van der Waals surface area contributed by atoms with Gasteiger partial charge in [0.25, 0.3) is 0 Å². The number of benzene rings is 1. The zero-order valence-corrected chi connectivity index (χ0v) is 13.4. The van der Waals surface area contributed by atoms with Gasteiger partial charge in [-0.3, -0.25) is 4.79 Å². The van der Waals surface area contributed by atoms with Crippen LogP contribution in [0.4, 0.5) is 5.00 Å². The Morgan fingerprint density at radius 1 is 1.45 bits per heavy atom. The molecule has 0 radical (unpaired) electrons. The predicted octanol–water partition coefficient (Wildman–Crippen LogP) is 3.24. The van der Waals surface area contributed by atoms with Crippen molar-refractivity contribution < 1.29 is 4.79 Å². The summed E-state index contributed by atoms with van der Waals surface area (Å²) in [5.41, 5.74) is 2.44. The number of thiophene rings is 1. The third kappa shape index (κ3) is 2.84. The van der Waals surface area contributed by atoms with E-state index in [2.05, 4.69) is 16.4 Å². The molecule has 5 nitrogen and oxygen atoms in total. The van der Waals surface area contributed by atoms with Crippen LogP contribution < -0.4 is 5.32 Å². The van der Waals surface area contributed by atoms with Gasteiger partial charge >= 0.3 is 0 Å². The van der Waals surface area contributed by atoms with Gasteiger partial charge in [0.2, 0.25) is 5.91 Å². The summed E-state index contributed by atoms with van der Waals surface area (Å²) in [4.78, 5) is 16.5. The van der Waals surface area contributed by atoms with Crippen LogP contribution in [0.5, 0.6) is 0 Å². The fourth-order valence-corrected chi connectivity index (χ4v) is 3.58. The quantitative estimate of drug-likeness (QED) is 0.746. The lowest BCUT2D eigenvalue weighted by atomic mass is 10.3. The molecule has 0 spiro atoms. The molecule has 0 saturated carbocycles. The molecular formula is C15H12N4OS2. The van der Waals surface area contributed by atoms with Crippen LogP contribution in [0.3, 0.4) is 0 Å². The van der Waals surface area contributed by atoms with Gasteiger partial charge in [0.05, 0.1) is 22.3 Å². The Labute approximate surface area is 135 Å². The first-order chi connectivity index (χ1) is 10.7. The first-order valence-electron chi connectivity index (χ1n) is 6.50. The van der Waals surface area contributed by atoms with Gasteiger partial charge in [-0.2, -0.15) is 5.26 Å². The van der Waals surface area contributed by atoms with Crippen molar-refractivity contribution in [1.29, 1.82) is 5.26 Å². The normalized spacial score (nSPS) is 10.5. The lowest BCUT2D eigenvalue weighted by Gasteiger charge is -2.03. The summed E-state index contributed by atoms with van der Waals surface area (Å²) in [6, 6.07) is 11.6. The van der Waals surface area contributed by atoms with Crippen molar-refractivity contribution in [3.05, 3.63) is 41.3 Å². The SMILES string of the molecule is Cn1c(SCC(=O)Nc2sccc2C#N)nc2ccccc21. The summed E-state index contributed by atoms with van der Waals surface area (Å²) in [5.74, 6) is 0.107. The number of thioether (sulfide) groups is 1. The molecule has 0 unspecified atom stereocenters. The maximum Gasteiger partial charge on any atom is 0.235 e. The molecule has 0 fully saturated rings. The Morgan fingerprint density at radius 2 is 2.27 bits per heavy atom. The lowest BCUT2D eigenvalue weighted by Crippen LogP contribution is -2.14. The minimum atomic E-state index is -0.143. The third-order valence-electron chi connectivity index (χ3n) is 3.12. The molecule has 1 aromatic carbocycles. The van der Waals surface area contributed by atoms with E-state index in [4.69, 9.17) is 5.26 Å². The van der Waals surface area contributed by atoms with Crippen LogP contribution in [0.2, 0.25) is 0 Å². The maximum absolute atomic E-state index is 12.0. The second-order valence-corrected chi connectivity index (χ2v) is 6.41. The largest absolute Gasteiger partial charge is 0.322 e. The number of nitrogens with zero attached hydrogens (tertiary/aromatic N) is 3. The van der Waals surface area contributed by atoms with E-state index in [1.54, 1.807) is 11.4 Å². The van der Waals surface area contributed by atoms with Gasteiger partial charge in [0.1, 0.15) is 11.1 Å². The first-order valence-corrected chi connectivity index (χ1v) is 8.37. The highest BCUT2D eigenvalue weighted by Crippen LogP contribution is 2.25. The lowest BCUT2D eigenvalue weighted by molar-refractivity contribution is -0.113. The summed E-state index contributed by atoms with van der Waals surface area (Å²) in [6.07, 6.45) is 0. The van der Waals surface area contributed by atoms with Gasteiger partial charge in [-0.25, -0.2) is 4.98 Å². The van der Waals surface area contributed by atoms with E-state index in [9.17, 15) is 4.79 Å². The average Bonchev–Trinajstić information content (AvgIpc) is 3.10. The maximum atomic E-state index is 12.0. The minimum absolute atomic E-state index is 0.143. The number of hydrogen-bond acceptors (Lipinski definition) is 5. The first kappa shape index (κ1) is 14.6. The number of anilines is 1. The smallest absolute Gasteiger partial charge is 0.235 e. The molecule has 3 aromatic rings. The molecule has 3 rings (SSSR count). The van der Waals surface area contributed by atoms with Crippen molar-refractivity contribution in [2.45, 2.75) is 5.16 Å². The Hall–Kier alpha value is -2.30. The second kappa shape index (κ2) is 6.22. The fraction of sp³-hybridized carbons (Fsp3) is 0.133. The molecule has 2 aromatic heterocycles. The summed E-state index contributed by atoms with van der Waals surface area (Å²) in [5, 5.41) is 14.9. The highest BCUT2D eigenvalue weighted by Gasteiger charge is 2.12. The highest BCUT2D eigenvalue weighted by molar-refractivity contribution is 7.99. The van der Waals surface area contributed by atoms with E-state index < -0.39 is 0 Å². The number of fused-ring (bicyclic) bond motifs is 1. The molecule has 0 aliphatic rings. The molecule has 2 heterocycles. The highest BCUT2D eigenvalue weighted by atomic mass is 32.2. The van der Waals surface area contributed by atoms with Crippen LogP contribution in [-0.2, 0) is 11.8 Å². The van der Waals surface area contributed by atoms with E-state index in [-0.39, 0.29) is 11.7 Å². The number of amides is 1. The van der Waals surface area contributed by atoms with Crippen molar-refractivity contribution >= 4 is 45.0 Å². The molecule has 0 bridgehead atoms. The Kier molecular flexibility index (Phi) is 4.13. The molecule has 22 heavy (non-hydrogen) atoms. The minimum Gasteiger partial charge on any atom is -0.322 e. The Bertz CT molecular complexity index is 875. The number of hydrogen-bond donors (Lipinski definition) is 1. The Morgan fingerprint density at radius 3 is 3.05 bits per heavy atom. The molecule has 1 amide bonds. The van der Waals surface area contributed by atoms with Crippen LogP contribution in [0.25, 0.3) is 11.0 Å². The Balaban J connectivity index is 1.68. The zero-order chi connectivity index (χ0) is 15.5. The van der Waals surface area contributed by atoms with E-state index in [0.717, 1.165) is 16.2 Å². The molecule has 0 aliphatic carbocycles. The van der Waals surface area contributed by atoms with Crippen molar-refractivity contribution in [2.24, 2.45) is 7.05 Å². The van der Waals surface area contributed by atoms with Gasteiger partial charge in [-0.15, -0.1) is 11.3 Å². The number of nitrogens with one attached hydrogen (secondary N) is 1. The van der Waals surface area contributed by atoms with Crippen molar-refractivity contribution in [3.8, 4) is 6.07 Å². The molecule has 1 N–H and O–H groups in total. The van der Waals surface area contributed by atoms with E-state index in [1.807, 2.05) is 35.9 Å². The molecule has 0 saturated heterocycles. The van der Waals surface area contributed by atoms with Crippen LogP contribution in [0.15, 0.2) is 40.9 Å². The van der Waals surface area contributed by atoms with Crippen LogP contribution in [-0.4, -0.2) is 21.2 Å². The fourth-order valence-electron chi connectivity index (χ4n) is 2.04. The molecule has 0 atom stereocenters. The van der Waals surface area contributed by atoms with Gasteiger partial charge < -0.3 is 9.88 Å². The number of rotatable bonds is 4. The third-order valence-corrected chi connectivity index (χ3v) is 4.98. The van der Waals surface area contributed by atoms with Crippen molar-refractivity contribution in [3.63, 3.8) is 0 Å². The second-order valence-electron chi connectivity index (χ2n) is 4.55. The van der Waals surface area contributed by atoms with E-state index >= 15 is 0 Å². The number of carbonyl (C=O) groups is 1. The monoisotopic (exact) mass is 328 g/mol. The summed E-state index contributed by atoms with van der Waals surface area (Å²) in [7, 11) is 1.93. The van der Waals surface area contributed by atoms with Crippen LogP contribution in [0.1, 0.15) is 5.56 Å². The number of carbonyl (C=O) groups excluding carboxylic acids is 1. The number of imidazole rings is 1. The van der Waals surface area contributed by atoms with E-state index in [1.165, 1.54) is 23.1 Å². The summed E-state index contributed by atoms with van der Waals surface area (Å²) < 4.78 is 1.97. The van der Waals surface area contributed by atoms with Crippen LogP contribution >= 0.6 is 23.1 Å². The van der Waals surface area contributed by atoms with Gasteiger partial charge in [0, 0.05) is 7.05 Å².